The van der Waals surface area contributed by atoms with Gasteiger partial charge in [-0.1, -0.05) is 225 Å². The molecular weight excluding hydrogens is 887 g/mol. The maximum Gasteiger partial charge on any atom is 0.220 e. The number of unbranched alkanes of at least 4 members (excludes halogenated alkanes) is 15. The molecule has 0 aromatic heterocycles. The van der Waals surface area contributed by atoms with Gasteiger partial charge in [-0.3, -0.25) is 4.79 Å². The van der Waals surface area contributed by atoms with Crippen LogP contribution in [-0.2, 0) is 14.3 Å². The number of carbonyl (C=O) groups is 1. The summed E-state index contributed by atoms with van der Waals surface area (Å²) in [5.41, 5.74) is 0. The monoisotopic (exact) mass is 988 g/mol. The minimum atomic E-state index is -1.57. The Morgan fingerprint density at radius 3 is 1.30 bits per heavy atom. The number of ether oxygens (including phenoxy) is 2. The quantitative estimate of drug-likeness (QED) is 0.0261. The third kappa shape index (κ3) is 39.5. The molecule has 7 unspecified atom stereocenters. The van der Waals surface area contributed by atoms with Gasteiger partial charge in [0.2, 0.25) is 5.91 Å². The molecule has 9 nitrogen and oxygen atoms in total. The second-order valence-corrected chi connectivity index (χ2v) is 18.6. The van der Waals surface area contributed by atoms with Crippen molar-refractivity contribution in [2.75, 3.05) is 13.2 Å². The molecule has 1 aliphatic heterocycles. The van der Waals surface area contributed by atoms with E-state index in [9.17, 15) is 30.3 Å². The second kappa shape index (κ2) is 49.9. The maximum atomic E-state index is 12.9. The minimum absolute atomic E-state index is 0.193. The molecule has 402 valence electrons. The van der Waals surface area contributed by atoms with Crippen LogP contribution < -0.4 is 5.32 Å². The minimum Gasteiger partial charge on any atom is -0.394 e. The van der Waals surface area contributed by atoms with E-state index in [1.54, 1.807) is 6.08 Å². The van der Waals surface area contributed by atoms with Crippen molar-refractivity contribution in [3.8, 4) is 0 Å². The van der Waals surface area contributed by atoms with Crippen LogP contribution in [0.25, 0.3) is 0 Å². The average Bonchev–Trinajstić information content (AvgIpc) is 3.37. The molecule has 0 saturated carbocycles. The molecule has 1 fully saturated rings. The average molecular weight is 988 g/mol. The summed E-state index contributed by atoms with van der Waals surface area (Å²) in [5, 5.41) is 54.0. The van der Waals surface area contributed by atoms with Gasteiger partial charge in [0.05, 0.1) is 25.4 Å². The van der Waals surface area contributed by atoms with Crippen molar-refractivity contribution < 1.29 is 39.8 Å². The summed E-state index contributed by atoms with van der Waals surface area (Å²) in [5.74, 6) is -0.193. The lowest BCUT2D eigenvalue weighted by Gasteiger charge is -2.40. The number of allylic oxidation sites excluding steroid dienone is 21. The van der Waals surface area contributed by atoms with Gasteiger partial charge in [-0.25, -0.2) is 0 Å². The van der Waals surface area contributed by atoms with Gasteiger partial charge >= 0.3 is 0 Å². The number of nitrogens with one attached hydrogen (secondary N) is 1. The summed E-state index contributed by atoms with van der Waals surface area (Å²) < 4.78 is 11.2. The molecule has 9 heteroatoms. The zero-order valence-electron chi connectivity index (χ0n) is 44.4. The molecule has 6 N–H and O–H groups in total. The van der Waals surface area contributed by atoms with Crippen LogP contribution in [0, 0.1) is 0 Å². The first kappa shape index (κ1) is 65.3. The Bertz CT molecular complexity index is 1570. The van der Waals surface area contributed by atoms with E-state index in [0.717, 1.165) is 116 Å². The van der Waals surface area contributed by atoms with Crippen LogP contribution in [0.1, 0.15) is 194 Å². The molecule has 0 aromatic carbocycles. The summed E-state index contributed by atoms with van der Waals surface area (Å²) in [6.45, 7) is 3.57. The van der Waals surface area contributed by atoms with E-state index in [1.807, 2.05) is 6.08 Å². The Kier molecular flexibility index (Phi) is 45.9. The van der Waals surface area contributed by atoms with Gasteiger partial charge in [-0.2, -0.15) is 0 Å². The molecule has 1 saturated heterocycles. The van der Waals surface area contributed by atoms with Crippen molar-refractivity contribution in [2.24, 2.45) is 0 Å². The molecule has 1 heterocycles. The normalized spacial score (nSPS) is 20.4. The number of hydrogen-bond donors (Lipinski definition) is 6. The fourth-order valence-electron chi connectivity index (χ4n) is 7.83. The Balaban J connectivity index is 2.08. The lowest BCUT2D eigenvalue weighted by molar-refractivity contribution is -0.302. The first-order valence-electron chi connectivity index (χ1n) is 27.9. The molecule has 7 atom stereocenters. The fraction of sp³-hybridized carbons (Fsp3) is 0.629. The zero-order valence-corrected chi connectivity index (χ0v) is 44.4. The number of carbonyl (C=O) groups excluding carboxylic acids is 1. The third-order valence-corrected chi connectivity index (χ3v) is 12.2. The van der Waals surface area contributed by atoms with E-state index in [2.05, 4.69) is 141 Å². The van der Waals surface area contributed by atoms with Crippen molar-refractivity contribution in [2.45, 2.75) is 236 Å². The highest BCUT2D eigenvalue weighted by atomic mass is 16.7. The van der Waals surface area contributed by atoms with Crippen LogP contribution in [0.4, 0.5) is 0 Å². The Labute approximate surface area is 432 Å². The Morgan fingerprint density at radius 1 is 0.493 bits per heavy atom. The molecule has 0 radical (unpaired) electrons. The van der Waals surface area contributed by atoms with Crippen LogP contribution in [-0.4, -0.2) is 87.5 Å². The summed E-state index contributed by atoms with van der Waals surface area (Å²) in [6, 6.07) is -0.812. The number of aliphatic hydroxyl groups excluding tert-OH is 5. The molecule has 71 heavy (non-hydrogen) atoms. The van der Waals surface area contributed by atoms with Crippen LogP contribution in [0.3, 0.4) is 0 Å². The summed E-state index contributed by atoms with van der Waals surface area (Å²) in [4.78, 5) is 12.9. The third-order valence-electron chi connectivity index (χ3n) is 12.2. The molecular formula is C62H101NO8. The molecule has 0 bridgehead atoms. The Morgan fingerprint density at radius 2 is 0.873 bits per heavy atom. The van der Waals surface area contributed by atoms with Crippen LogP contribution in [0.2, 0.25) is 0 Å². The van der Waals surface area contributed by atoms with E-state index in [-0.39, 0.29) is 12.5 Å². The van der Waals surface area contributed by atoms with Gasteiger partial charge < -0.3 is 40.3 Å². The molecule has 0 aliphatic carbocycles. The number of hydrogen-bond acceptors (Lipinski definition) is 8. The van der Waals surface area contributed by atoms with Gasteiger partial charge in [0.1, 0.15) is 24.4 Å². The molecule has 1 amide bonds. The highest BCUT2D eigenvalue weighted by molar-refractivity contribution is 5.76. The first-order valence-corrected chi connectivity index (χ1v) is 27.9. The highest BCUT2D eigenvalue weighted by Crippen LogP contribution is 2.22. The standard InChI is InChI=1S/C62H101NO8/c1-3-5-7-9-11-12-13-14-15-16-17-18-19-20-21-22-23-24-25-26-27-28-29-30-31-32-33-34-35-36-37-38-39-40-41-42-43-44-46-48-50-52-58(66)63-55(56(65)51-49-47-45-10-8-6-4-2)54-70-62-61(69)60(68)59(67)57(53-64)71-62/h5,7,11-12,14-15,17-18,20-21,23-24,26-27,29-30,32-33,35-36,49,51,55-57,59-62,64-65,67-69H,3-4,6,8-10,13,16,19,22,25,28,31,34,37-48,50,52-54H2,1-2H3,(H,63,66)/b7-5-,12-11-,15-14-,18-17-,21-20-,24-23-,27-26-,30-29-,33-32-,36-35-,51-49+. The number of amides is 1. The van der Waals surface area contributed by atoms with Crippen LogP contribution in [0.15, 0.2) is 134 Å². The smallest absolute Gasteiger partial charge is 0.220 e. The van der Waals surface area contributed by atoms with E-state index < -0.39 is 49.5 Å². The SMILES string of the molecule is CC/C=C\C/C=C\C/C=C\C/C=C\C/C=C\C/C=C\C/C=C\C/C=C\C/C=C\C/C=C\CCCCCCCCCCCCC(=O)NC(COC1OC(CO)C(O)C(O)C1O)C(O)/C=C/CCCCCCC. The molecule has 1 aliphatic rings. The number of aliphatic hydroxyl groups is 5. The van der Waals surface area contributed by atoms with Gasteiger partial charge in [0.15, 0.2) is 6.29 Å². The van der Waals surface area contributed by atoms with Crippen molar-refractivity contribution in [1.82, 2.24) is 5.32 Å². The largest absolute Gasteiger partial charge is 0.394 e. The lowest BCUT2D eigenvalue weighted by atomic mass is 9.99. The van der Waals surface area contributed by atoms with E-state index in [0.29, 0.717) is 6.42 Å². The van der Waals surface area contributed by atoms with Gasteiger partial charge in [0, 0.05) is 6.42 Å². The van der Waals surface area contributed by atoms with Crippen molar-refractivity contribution in [3.05, 3.63) is 134 Å². The molecule has 0 spiro atoms. The van der Waals surface area contributed by atoms with E-state index in [4.69, 9.17) is 9.47 Å². The van der Waals surface area contributed by atoms with Gasteiger partial charge in [-0.05, 0) is 96.3 Å². The first-order chi connectivity index (χ1) is 34.8. The predicted octanol–water partition coefficient (Wildman–Crippen LogP) is 13.7. The summed E-state index contributed by atoms with van der Waals surface area (Å²) in [7, 11) is 0. The Hall–Kier alpha value is -3.67. The lowest BCUT2D eigenvalue weighted by Crippen LogP contribution is -2.60. The maximum absolute atomic E-state index is 12.9. The number of rotatable bonds is 45. The van der Waals surface area contributed by atoms with E-state index >= 15 is 0 Å². The molecule has 0 aromatic rings. The van der Waals surface area contributed by atoms with Crippen molar-refractivity contribution >= 4 is 5.91 Å². The van der Waals surface area contributed by atoms with Crippen molar-refractivity contribution in [3.63, 3.8) is 0 Å². The zero-order chi connectivity index (χ0) is 51.5. The van der Waals surface area contributed by atoms with Crippen LogP contribution >= 0.6 is 0 Å². The van der Waals surface area contributed by atoms with Crippen molar-refractivity contribution in [1.29, 1.82) is 0 Å². The highest BCUT2D eigenvalue weighted by Gasteiger charge is 2.44. The summed E-state index contributed by atoms with van der Waals surface area (Å²) in [6.07, 6.45) is 69.8. The summed E-state index contributed by atoms with van der Waals surface area (Å²) >= 11 is 0. The second-order valence-electron chi connectivity index (χ2n) is 18.6. The molecule has 1 rings (SSSR count). The topological polar surface area (TPSA) is 149 Å². The van der Waals surface area contributed by atoms with E-state index in [1.165, 1.54) is 57.8 Å². The van der Waals surface area contributed by atoms with Crippen LogP contribution in [0.5, 0.6) is 0 Å². The van der Waals surface area contributed by atoms with Gasteiger partial charge in [-0.15, -0.1) is 0 Å². The van der Waals surface area contributed by atoms with Gasteiger partial charge in [0.25, 0.3) is 0 Å². The fourth-order valence-corrected chi connectivity index (χ4v) is 7.83. The predicted molar refractivity (Wildman–Crippen MR) is 299 cm³/mol.